The van der Waals surface area contributed by atoms with Crippen molar-refractivity contribution in [3.05, 3.63) is 53.9 Å². The van der Waals surface area contributed by atoms with Gasteiger partial charge < -0.3 is 15.6 Å². The van der Waals surface area contributed by atoms with Crippen LogP contribution in [0.5, 0.6) is 0 Å². The quantitative estimate of drug-likeness (QED) is 0.422. The number of nitrogens with zero attached hydrogens (tertiary/aromatic N) is 6. The van der Waals surface area contributed by atoms with Crippen LogP contribution in [0.3, 0.4) is 0 Å². The minimum absolute atomic E-state index is 0.0406. The number of aromatic nitrogens is 4. The third kappa shape index (κ3) is 3.92. The van der Waals surface area contributed by atoms with Crippen molar-refractivity contribution in [2.75, 3.05) is 25.1 Å². The van der Waals surface area contributed by atoms with Crippen LogP contribution in [0.25, 0.3) is 22.2 Å². The molecular formula is C24H26N8O2S. The van der Waals surface area contributed by atoms with E-state index >= 15 is 0 Å². The molecule has 4 heterocycles. The number of nitrogens with one attached hydrogen (secondary N) is 1. The Labute approximate surface area is 203 Å². The second-order valence-corrected chi connectivity index (χ2v) is 10.9. The Balaban J connectivity index is 1.57. The zero-order valence-corrected chi connectivity index (χ0v) is 20.7. The lowest BCUT2D eigenvalue weighted by molar-refractivity contribution is 0.517. The van der Waals surface area contributed by atoms with E-state index in [2.05, 4.69) is 57.0 Å². The number of rotatable bonds is 6. The molecule has 0 saturated heterocycles. The van der Waals surface area contributed by atoms with Crippen molar-refractivity contribution in [1.82, 2.24) is 23.8 Å². The maximum atomic E-state index is 12.3. The number of hydrogen-bond acceptors (Lipinski definition) is 8. The molecule has 3 N–H and O–H groups in total. The van der Waals surface area contributed by atoms with E-state index < -0.39 is 10.0 Å². The van der Waals surface area contributed by atoms with Crippen molar-refractivity contribution < 1.29 is 8.42 Å². The third-order valence-electron chi connectivity index (χ3n) is 5.96. The highest BCUT2D eigenvalue weighted by molar-refractivity contribution is 7.89. The SMILES string of the molecule is CC(C)n1cc(-c2cccc3c2C=NC3)c2c(N)nc(Nc3ccc(S(=O)(=O)N(C)C)nc3)nc21. The van der Waals surface area contributed by atoms with Crippen LogP contribution >= 0.6 is 0 Å². The number of fused-ring (bicyclic) bond motifs is 2. The van der Waals surface area contributed by atoms with Crippen LogP contribution in [0.15, 0.2) is 52.7 Å². The summed E-state index contributed by atoms with van der Waals surface area (Å²) in [5, 5.41) is 3.83. The zero-order valence-electron chi connectivity index (χ0n) is 19.9. The maximum absolute atomic E-state index is 12.3. The van der Waals surface area contributed by atoms with Crippen molar-refractivity contribution in [1.29, 1.82) is 0 Å². The van der Waals surface area contributed by atoms with Crippen LogP contribution < -0.4 is 11.1 Å². The molecule has 11 heteroatoms. The van der Waals surface area contributed by atoms with E-state index in [1.54, 1.807) is 6.07 Å². The molecule has 0 unspecified atom stereocenters. The van der Waals surface area contributed by atoms with E-state index in [-0.39, 0.29) is 11.1 Å². The highest BCUT2D eigenvalue weighted by atomic mass is 32.2. The van der Waals surface area contributed by atoms with Gasteiger partial charge in [-0.05, 0) is 37.1 Å². The average Bonchev–Trinajstić information content (AvgIpc) is 3.44. The molecule has 0 spiro atoms. The molecule has 0 bridgehead atoms. The van der Waals surface area contributed by atoms with Gasteiger partial charge in [0, 0.05) is 43.7 Å². The van der Waals surface area contributed by atoms with Gasteiger partial charge in [-0.3, -0.25) is 4.99 Å². The molecule has 0 saturated carbocycles. The van der Waals surface area contributed by atoms with Crippen molar-refractivity contribution in [3.63, 3.8) is 0 Å². The fourth-order valence-electron chi connectivity index (χ4n) is 4.13. The first-order valence-corrected chi connectivity index (χ1v) is 12.6. The molecular weight excluding hydrogens is 464 g/mol. The van der Waals surface area contributed by atoms with Crippen molar-refractivity contribution in [2.24, 2.45) is 4.99 Å². The number of hydrogen-bond donors (Lipinski definition) is 2. The number of benzene rings is 1. The van der Waals surface area contributed by atoms with Gasteiger partial charge in [0.15, 0.2) is 5.03 Å². The van der Waals surface area contributed by atoms with Crippen LogP contribution in [0.4, 0.5) is 17.5 Å². The summed E-state index contributed by atoms with van der Waals surface area (Å²) in [5.41, 5.74) is 12.0. The lowest BCUT2D eigenvalue weighted by Crippen LogP contribution is -2.23. The van der Waals surface area contributed by atoms with Crippen LogP contribution in [0, 0.1) is 0 Å². The average molecular weight is 491 g/mol. The first-order valence-electron chi connectivity index (χ1n) is 11.1. The van der Waals surface area contributed by atoms with Gasteiger partial charge in [-0.15, -0.1) is 0 Å². The zero-order chi connectivity index (χ0) is 24.9. The number of pyridine rings is 1. The minimum Gasteiger partial charge on any atom is -0.383 e. The van der Waals surface area contributed by atoms with Gasteiger partial charge in [-0.25, -0.2) is 17.7 Å². The number of anilines is 3. The fraction of sp³-hybridized carbons (Fsp3) is 0.250. The van der Waals surface area contributed by atoms with Gasteiger partial charge in [0.25, 0.3) is 10.0 Å². The Bertz CT molecular complexity index is 1570. The van der Waals surface area contributed by atoms with Crippen LogP contribution in [-0.4, -0.2) is 52.6 Å². The van der Waals surface area contributed by atoms with E-state index in [0.29, 0.717) is 29.6 Å². The van der Waals surface area contributed by atoms with Crippen molar-refractivity contribution >= 4 is 44.7 Å². The third-order valence-corrected chi connectivity index (χ3v) is 7.69. The van der Waals surface area contributed by atoms with E-state index in [1.165, 1.54) is 31.9 Å². The molecule has 4 aromatic rings. The van der Waals surface area contributed by atoms with Crippen LogP contribution in [0.2, 0.25) is 0 Å². The molecule has 0 fully saturated rings. The predicted molar refractivity (Wildman–Crippen MR) is 137 cm³/mol. The lowest BCUT2D eigenvalue weighted by atomic mass is 9.97. The van der Waals surface area contributed by atoms with Crippen LogP contribution in [-0.2, 0) is 16.6 Å². The van der Waals surface area contributed by atoms with Gasteiger partial charge in [-0.2, -0.15) is 9.97 Å². The minimum atomic E-state index is -3.61. The Kier molecular flexibility index (Phi) is 5.53. The van der Waals surface area contributed by atoms with E-state index in [1.807, 2.05) is 12.3 Å². The highest BCUT2D eigenvalue weighted by Crippen LogP contribution is 2.38. The Morgan fingerprint density at radius 1 is 1.11 bits per heavy atom. The number of aliphatic imine (C=N–C) groups is 1. The first-order chi connectivity index (χ1) is 16.7. The maximum Gasteiger partial charge on any atom is 0.260 e. The standard InChI is InChI=1S/C24H26N8O2S/c1-14(2)32-13-19(17-7-5-6-15-10-26-12-18(15)17)21-22(25)29-24(30-23(21)32)28-16-8-9-20(27-11-16)35(33,34)31(3)4/h5-9,11-14H,10H2,1-4H3,(H3,25,28,29,30). The lowest BCUT2D eigenvalue weighted by Gasteiger charge is -2.12. The number of nitrogens with two attached hydrogens (primary N) is 1. The molecule has 5 rings (SSSR count). The summed E-state index contributed by atoms with van der Waals surface area (Å²) < 4.78 is 27.7. The molecule has 1 aliphatic heterocycles. The molecule has 0 atom stereocenters. The normalized spacial score (nSPS) is 13.2. The van der Waals surface area contributed by atoms with Gasteiger partial charge >= 0.3 is 0 Å². The largest absolute Gasteiger partial charge is 0.383 e. The molecule has 10 nitrogen and oxygen atoms in total. The Hall–Kier alpha value is -3.83. The Morgan fingerprint density at radius 2 is 1.91 bits per heavy atom. The molecule has 180 valence electrons. The van der Waals surface area contributed by atoms with Gasteiger partial charge in [0.2, 0.25) is 5.95 Å². The van der Waals surface area contributed by atoms with Gasteiger partial charge in [0.1, 0.15) is 11.5 Å². The second kappa shape index (κ2) is 8.43. The predicted octanol–water partition coefficient (Wildman–Crippen LogP) is 3.58. The molecule has 1 aliphatic rings. The summed E-state index contributed by atoms with van der Waals surface area (Å²) in [6.45, 7) is 4.84. The van der Waals surface area contributed by atoms with E-state index in [0.717, 1.165) is 26.4 Å². The fourth-order valence-corrected chi connectivity index (χ4v) is 4.93. The van der Waals surface area contributed by atoms with Gasteiger partial charge in [0.05, 0.1) is 23.8 Å². The number of sulfonamides is 1. The van der Waals surface area contributed by atoms with Crippen molar-refractivity contribution in [2.45, 2.75) is 31.5 Å². The topological polar surface area (TPSA) is 131 Å². The molecule has 0 radical (unpaired) electrons. The molecule has 0 aliphatic carbocycles. The monoisotopic (exact) mass is 490 g/mol. The van der Waals surface area contributed by atoms with Gasteiger partial charge in [-0.1, -0.05) is 18.2 Å². The summed E-state index contributed by atoms with van der Waals surface area (Å²) >= 11 is 0. The Morgan fingerprint density at radius 3 is 2.60 bits per heavy atom. The molecule has 35 heavy (non-hydrogen) atoms. The van der Waals surface area contributed by atoms with Crippen molar-refractivity contribution in [3.8, 4) is 11.1 Å². The summed E-state index contributed by atoms with van der Waals surface area (Å²) in [4.78, 5) is 17.8. The summed E-state index contributed by atoms with van der Waals surface area (Å²) in [7, 11) is -0.691. The smallest absolute Gasteiger partial charge is 0.260 e. The summed E-state index contributed by atoms with van der Waals surface area (Å²) in [6.07, 6.45) is 5.40. The first kappa shape index (κ1) is 22.9. The molecule has 1 aromatic carbocycles. The van der Waals surface area contributed by atoms with E-state index in [4.69, 9.17) is 10.7 Å². The second-order valence-electron chi connectivity index (χ2n) is 8.82. The molecule has 3 aromatic heterocycles. The highest BCUT2D eigenvalue weighted by Gasteiger charge is 2.22. The summed E-state index contributed by atoms with van der Waals surface area (Å²) in [6, 6.07) is 9.37. The molecule has 0 amide bonds. The van der Waals surface area contributed by atoms with Crippen LogP contribution in [0.1, 0.15) is 31.0 Å². The summed E-state index contributed by atoms with van der Waals surface area (Å²) in [5.74, 6) is 0.644. The number of nitrogen functional groups attached to an aromatic ring is 1. The van der Waals surface area contributed by atoms with E-state index in [9.17, 15) is 8.42 Å².